The Morgan fingerprint density at radius 2 is 1.95 bits per heavy atom. The van der Waals surface area contributed by atoms with Crippen molar-refractivity contribution < 1.29 is 27.6 Å². The molecule has 210 valence electrons. The number of aliphatic hydroxyl groups is 1. The van der Waals surface area contributed by atoms with Crippen molar-refractivity contribution in [2.45, 2.75) is 51.3 Å². The van der Waals surface area contributed by atoms with Crippen molar-refractivity contribution in [1.82, 2.24) is 19.9 Å². The lowest BCUT2D eigenvalue weighted by molar-refractivity contribution is 0.0341. The lowest BCUT2D eigenvalue weighted by atomic mass is 9.99. The van der Waals surface area contributed by atoms with Gasteiger partial charge in [-0.2, -0.15) is 0 Å². The molecule has 4 rings (SSSR count). The molecule has 0 aliphatic carbocycles. The number of hydrogen-bond acceptors (Lipinski definition) is 9. The maximum atomic E-state index is 13.7. The lowest BCUT2D eigenvalue weighted by Crippen LogP contribution is -2.49. The highest BCUT2D eigenvalue weighted by Gasteiger charge is 2.34. The number of fused-ring (bicyclic) bond motifs is 1. The largest absolute Gasteiger partial charge is 0.488 e. The summed E-state index contributed by atoms with van der Waals surface area (Å²) in [5, 5.41) is 13.6. The molecule has 1 aliphatic heterocycles. The Bertz CT molecular complexity index is 1390. The van der Waals surface area contributed by atoms with Crippen molar-refractivity contribution >= 4 is 21.6 Å². The molecular weight excluding hydrogens is 522 g/mol. The molecule has 12 heteroatoms. The summed E-state index contributed by atoms with van der Waals surface area (Å²) in [6.45, 7) is 8.30. The SMILES string of the molecule is Cc1noc(C)c1S(=O)(=O)Nc1ccc2c(c1)C(=O)N([C@@H](C)CO)C[C@H](C)[C@@H](CN(C)Cc1ccncc1)O2. The first kappa shape index (κ1) is 28.5. The predicted octanol–water partition coefficient (Wildman–Crippen LogP) is 2.84. The van der Waals surface area contributed by atoms with E-state index in [2.05, 4.69) is 19.8 Å². The van der Waals surface area contributed by atoms with Crippen LogP contribution in [0.4, 0.5) is 5.69 Å². The van der Waals surface area contributed by atoms with Crippen LogP contribution < -0.4 is 9.46 Å². The predicted molar refractivity (Wildman–Crippen MR) is 145 cm³/mol. The molecule has 2 N–H and O–H groups in total. The van der Waals surface area contributed by atoms with Gasteiger partial charge in [-0.3, -0.25) is 19.4 Å². The minimum absolute atomic E-state index is 0.0431. The number of carbonyl (C=O) groups is 1. The van der Waals surface area contributed by atoms with Gasteiger partial charge in [-0.05, 0) is 63.7 Å². The number of aryl methyl sites for hydroxylation is 2. The van der Waals surface area contributed by atoms with E-state index in [9.17, 15) is 18.3 Å². The summed E-state index contributed by atoms with van der Waals surface area (Å²) in [5.41, 5.74) is 1.76. The summed E-state index contributed by atoms with van der Waals surface area (Å²) < 4.78 is 40.1. The third-order valence-corrected chi connectivity index (χ3v) is 8.47. The van der Waals surface area contributed by atoms with E-state index in [-0.39, 0.29) is 52.1 Å². The van der Waals surface area contributed by atoms with E-state index in [4.69, 9.17) is 9.26 Å². The molecular formula is C27H35N5O6S. The Morgan fingerprint density at radius 1 is 1.23 bits per heavy atom. The first-order valence-corrected chi connectivity index (χ1v) is 14.2. The number of aliphatic hydroxyl groups excluding tert-OH is 1. The molecule has 39 heavy (non-hydrogen) atoms. The fourth-order valence-electron chi connectivity index (χ4n) is 4.74. The first-order valence-electron chi connectivity index (χ1n) is 12.8. The van der Waals surface area contributed by atoms with Crippen LogP contribution in [-0.2, 0) is 16.6 Å². The molecule has 0 saturated heterocycles. The molecule has 1 aromatic carbocycles. The third kappa shape index (κ3) is 6.40. The Labute approximate surface area is 228 Å². The highest BCUT2D eigenvalue weighted by molar-refractivity contribution is 7.92. The van der Waals surface area contributed by atoms with Crippen molar-refractivity contribution in [3.05, 3.63) is 65.3 Å². The number of amides is 1. The number of likely N-dealkylation sites (N-methyl/N-ethyl adjacent to an activating group) is 1. The number of nitrogens with zero attached hydrogens (tertiary/aromatic N) is 4. The third-order valence-electron chi connectivity index (χ3n) is 6.85. The number of nitrogens with one attached hydrogen (secondary N) is 1. The number of pyridine rings is 1. The number of hydrogen-bond donors (Lipinski definition) is 2. The van der Waals surface area contributed by atoms with Gasteiger partial charge in [0.2, 0.25) is 0 Å². The zero-order chi connectivity index (χ0) is 28.3. The van der Waals surface area contributed by atoms with Crippen LogP contribution >= 0.6 is 0 Å². The van der Waals surface area contributed by atoms with E-state index in [1.54, 1.807) is 43.3 Å². The summed E-state index contributed by atoms with van der Waals surface area (Å²) >= 11 is 0. The van der Waals surface area contributed by atoms with Crippen molar-refractivity contribution in [3.8, 4) is 5.75 Å². The van der Waals surface area contributed by atoms with Crippen molar-refractivity contribution in [2.24, 2.45) is 5.92 Å². The summed E-state index contributed by atoms with van der Waals surface area (Å²) in [7, 11) is -2.01. The molecule has 3 atom stereocenters. The van der Waals surface area contributed by atoms with Gasteiger partial charge in [0.1, 0.15) is 17.5 Å². The Morgan fingerprint density at radius 3 is 2.59 bits per heavy atom. The molecule has 0 unspecified atom stereocenters. The fourth-order valence-corrected chi connectivity index (χ4v) is 6.12. The number of ether oxygens (including phenoxy) is 1. The van der Waals surface area contributed by atoms with E-state index < -0.39 is 16.1 Å². The van der Waals surface area contributed by atoms with Crippen LogP contribution in [0.1, 0.15) is 41.2 Å². The molecule has 3 heterocycles. The molecule has 1 aliphatic rings. The fraction of sp³-hybridized carbons (Fsp3) is 0.444. The summed E-state index contributed by atoms with van der Waals surface area (Å²) in [5.74, 6) is 0.125. The second-order valence-corrected chi connectivity index (χ2v) is 11.8. The molecule has 0 saturated carbocycles. The van der Waals surface area contributed by atoms with Gasteiger partial charge in [0.25, 0.3) is 15.9 Å². The normalized spacial score (nSPS) is 18.7. The molecule has 2 aromatic heterocycles. The summed E-state index contributed by atoms with van der Waals surface area (Å²) in [6, 6.07) is 8.12. The standard InChI is InChI=1S/C27H35N5O6S/c1-17-13-32(18(2)16-33)27(34)23-12-22(30-39(35,36)26-19(3)29-38-20(26)4)6-7-24(23)37-25(17)15-31(5)14-21-8-10-28-11-9-21/h6-12,17-18,25,30,33H,13-16H2,1-5H3/t17-,18-,25+/m0/s1. The number of rotatable bonds is 9. The average molecular weight is 558 g/mol. The van der Waals surface area contributed by atoms with Gasteiger partial charge in [0, 0.05) is 43.6 Å². The maximum absolute atomic E-state index is 13.7. The van der Waals surface area contributed by atoms with E-state index >= 15 is 0 Å². The minimum atomic E-state index is -4.01. The van der Waals surface area contributed by atoms with Crippen LogP contribution in [0.15, 0.2) is 52.1 Å². The Kier molecular flexibility index (Phi) is 8.57. The van der Waals surface area contributed by atoms with E-state index in [0.29, 0.717) is 25.4 Å². The smallest absolute Gasteiger partial charge is 0.267 e. The van der Waals surface area contributed by atoms with Crippen LogP contribution in [0.3, 0.4) is 0 Å². The van der Waals surface area contributed by atoms with Crippen molar-refractivity contribution in [1.29, 1.82) is 0 Å². The zero-order valence-corrected chi connectivity index (χ0v) is 23.6. The van der Waals surface area contributed by atoms with Gasteiger partial charge in [-0.1, -0.05) is 12.1 Å². The average Bonchev–Trinajstić information content (AvgIpc) is 3.25. The zero-order valence-electron chi connectivity index (χ0n) is 22.8. The number of aromatic nitrogens is 2. The summed E-state index contributed by atoms with van der Waals surface area (Å²) in [4.78, 5) is 21.5. The van der Waals surface area contributed by atoms with E-state index in [1.807, 2.05) is 26.1 Å². The van der Waals surface area contributed by atoms with Gasteiger partial charge in [0.15, 0.2) is 10.7 Å². The maximum Gasteiger partial charge on any atom is 0.267 e. The van der Waals surface area contributed by atoms with Crippen LogP contribution in [0.2, 0.25) is 0 Å². The molecule has 3 aromatic rings. The molecule has 0 fully saturated rings. The molecule has 1 amide bonds. The van der Waals surface area contributed by atoms with Crippen LogP contribution in [0, 0.1) is 19.8 Å². The monoisotopic (exact) mass is 557 g/mol. The molecule has 0 radical (unpaired) electrons. The van der Waals surface area contributed by atoms with E-state index in [1.165, 1.54) is 13.0 Å². The highest BCUT2D eigenvalue weighted by atomic mass is 32.2. The highest BCUT2D eigenvalue weighted by Crippen LogP contribution is 2.32. The van der Waals surface area contributed by atoms with Crippen LogP contribution in [-0.4, -0.2) is 78.3 Å². The first-order chi connectivity index (χ1) is 18.5. The van der Waals surface area contributed by atoms with Gasteiger partial charge in [0.05, 0.1) is 18.2 Å². The van der Waals surface area contributed by atoms with E-state index in [0.717, 1.165) is 5.56 Å². The van der Waals surface area contributed by atoms with Crippen molar-refractivity contribution in [2.75, 3.05) is 31.5 Å². The van der Waals surface area contributed by atoms with Gasteiger partial charge < -0.3 is 19.3 Å². The molecule has 0 bridgehead atoms. The second kappa shape index (κ2) is 11.7. The Hall–Kier alpha value is -3.48. The second-order valence-electron chi connectivity index (χ2n) is 10.1. The molecule has 11 nitrogen and oxygen atoms in total. The van der Waals surface area contributed by atoms with Gasteiger partial charge in [-0.25, -0.2) is 8.42 Å². The van der Waals surface area contributed by atoms with Gasteiger partial charge in [-0.15, -0.1) is 0 Å². The topological polar surface area (TPSA) is 138 Å². The molecule has 0 spiro atoms. The van der Waals surface area contributed by atoms with Gasteiger partial charge >= 0.3 is 0 Å². The van der Waals surface area contributed by atoms with Crippen LogP contribution in [0.5, 0.6) is 5.75 Å². The van der Waals surface area contributed by atoms with Crippen LogP contribution in [0.25, 0.3) is 0 Å². The number of anilines is 1. The minimum Gasteiger partial charge on any atom is -0.488 e. The number of carbonyl (C=O) groups excluding carboxylic acids is 1. The van der Waals surface area contributed by atoms with Crippen molar-refractivity contribution in [3.63, 3.8) is 0 Å². The number of benzene rings is 1. The quantitative estimate of drug-likeness (QED) is 0.407. The Balaban J connectivity index is 1.65. The lowest BCUT2D eigenvalue weighted by Gasteiger charge is -2.38. The number of sulfonamides is 1. The summed E-state index contributed by atoms with van der Waals surface area (Å²) in [6.07, 6.45) is 3.24.